The van der Waals surface area contributed by atoms with Crippen molar-refractivity contribution in [2.75, 3.05) is 5.32 Å². The van der Waals surface area contributed by atoms with Crippen LogP contribution in [0.3, 0.4) is 0 Å². The number of hydrogen-bond acceptors (Lipinski definition) is 6. The normalized spacial score (nSPS) is 10.9. The van der Waals surface area contributed by atoms with Crippen LogP contribution in [0.5, 0.6) is 11.5 Å². The summed E-state index contributed by atoms with van der Waals surface area (Å²) in [4.78, 5) is 7.52. The zero-order chi connectivity index (χ0) is 20.4. The average Bonchev–Trinajstić information content (AvgIpc) is 3.19. The van der Waals surface area contributed by atoms with Crippen LogP contribution in [0.2, 0.25) is 0 Å². The van der Waals surface area contributed by atoms with E-state index in [-0.39, 0.29) is 34.3 Å². The Hall–Kier alpha value is -4.13. The highest BCUT2D eigenvalue weighted by Gasteiger charge is 2.15. The fraction of sp³-hybridized carbons (Fsp3) is 0.0526. The van der Waals surface area contributed by atoms with Crippen molar-refractivity contribution in [2.45, 2.75) is 6.43 Å². The molecule has 2 aromatic carbocycles. The molecule has 1 N–H and O–H groups in total. The second-order valence-corrected chi connectivity index (χ2v) is 5.82. The molecule has 0 spiro atoms. The first-order chi connectivity index (χ1) is 14.0. The molecule has 0 unspecified atom stereocenters. The second kappa shape index (κ2) is 7.47. The molecule has 0 atom stereocenters. The van der Waals surface area contributed by atoms with Crippen LogP contribution >= 0.6 is 0 Å². The van der Waals surface area contributed by atoms with Gasteiger partial charge in [-0.05, 0) is 24.3 Å². The quantitative estimate of drug-likeness (QED) is 0.530. The second-order valence-electron chi connectivity index (χ2n) is 5.82. The maximum atomic E-state index is 14.5. The highest BCUT2D eigenvalue weighted by Crippen LogP contribution is 2.30. The van der Waals surface area contributed by atoms with Crippen LogP contribution in [0.1, 0.15) is 17.7 Å². The van der Waals surface area contributed by atoms with E-state index in [1.165, 1.54) is 23.0 Å². The summed E-state index contributed by atoms with van der Waals surface area (Å²) in [6.45, 7) is 0. The predicted octanol–water partition coefficient (Wildman–Crippen LogP) is 4.61. The van der Waals surface area contributed by atoms with Gasteiger partial charge >= 0.3 is 0 Å². The van der Waals surface area contributed by atoms with Gasteiger partial charge in [0.05, 0.1) is 5.56 Å². The SMILES string of the molecule is N#Cc1ccccc1Oc1ccc(Nc2cc(C(F)F)nc3ncnn23)cc1F. The van der Waals surface area contributed by atoms with E-state index < -0.39 is 17.9 Å². The summed E-state index contributed by atoms with van der Waals surface area (Å²) in [7, 11) is 0. The minimum Gasteiger partial charge on any atom is -0.453 e. The Balaban J connectivity index is 1.63. The lowest BCUT2D eigenvalue weighted by Gasteiger charge is -2.12. The lowest BCUT2D eigenvalue weighted by atomic mass is 10.2. The Morgan fingerprint density at radius 2 is 1.93 bits per heavy atom. The number of ether oxygens (including phenoxy) is 1. The van der Waals surface area contributed by atoms with Gasteiger partial charge in [-0.2, -0.15) is 19.9 Å². The molecule has 4 aromatic rings. The van der Waals surface area contributed by atoms with Crippen LogP contribution in [-0.4, -0.2) is 19.6 Å². The lowest BCUT2D eigenvalue weighted by molar-refractivity contribution is 0.146. The van der Waals surface area contributed by atoms with Crippen LogP contribution in [-0.2, 0) is 0 Å². The molecule has 7 nitrogen and oxygen atoms in total. The number of aromatic nitrogens is 4. The van der Waals surface area contributed by atoms with Gasteiger partial charge in [-0.1, -0.05) is 12.1 Å². The molecule has 0 aliphatic carbocycles. The van der Waals surface area contributed by atoms with Crippen molar-refractivity contribution in [3.63, 3.8) is 0 Å². The summed E-state index contributed by atoms with van der Waals surface area (Å²) < 4.78 is 47.3. The molecule has 0 radical (unpaired) electrons. The molecule has 0 saturated heterocycles. The summed E-state index contributed by atoms with van der Waals surface area (Å²) in [5.41, 5.74) is 0.0483. The molecule has 0 saturated carbocycles. The standard InChI is InChI=1S/C19H11F3N6O/c20-13-7-12(5-6-16(13)29-15-4-2-1-3-11(15)9-23)26-17-8-14(18(21)22)27-19-24-10-25-28(17)19/h1-8,10,18,26H. The van der Waals surface area contributed by atoms with E-state index in [4.69, 9.17) is 10.00 Å². The molecule has 4 rings (SSSR count). The van der Waals surface area contributed by atoms with Gasteiger partial charge in [0.25, 0.3) is 12.2 Å². The molecular weight excluding hydrogens is 385 g/mol. The molecule has 0 bridgehead atoms. The van der Waals surface area contributed by atoms with Crippen molar-refractivity contribution in [2.24, 2.45) is 0 Å². The van der Waals surface area contributed by atoms with Gasteiger partial charge in [-0.15, -0.1) is 0 Å². The molecule has 0 amide bonds. The summed E-state index contributed by atoms with van der Waals surface area (Å²) in [5, 5.41) is 15.8. The molecule has 2 aromatic heterocycles. The van der Waals surface area contributed by atoms with Crippen LogP contribution in [0, 0.1) is 17.1 Å². The van der Waals surface area contributed by atoms with E-state index in [2.05, 4.69) is 20.4 Å². The predicted molar refractivity (Wildman–Crippen MR) is 96.7 cm³/mol. The van der Waals surface area contributed by atoms with Crippen LogP contribution in [0.25, 0.3) is 5.78 Å². The van der Waals surface area contributed by atoms with Gasteiger partial charge in [0.2, 0.25) is 0 Å². The third-order valence-corrected chi connectivity index (χ3v) is 3.93. The highest BCUT2D eigenvalue weighted by atomic mass is 19.3. The molecule has 10 heteroatoms. The number of benzene rings is 2. The highest BCUT2D eigenvalue weighted by molar-refractivity contribution is 5.60. The average molecular weight is 396 g/mol. The largest absolute Gasteiger partial charge is 0.453 e. The van der Waals surface area contributed by atoms with Crippen LogP contribution in [0.15, 0.2) is 54.9 Å². The van der Waals surface area contributed by atoms with Gasteiger partial charge < -0.3 is 10.1 Å². The van der Waals surface area contributed by atoms with Crippen LogP contribution < -0.4 is 10.1 Å². The van der Waals surface area contributed by atoms with Crippen molar-refractivity contribution >= 4 is 17.3 Å². The summed E-state index contributed by atoms with van der Waals surface area (Å²) in [6.07, 6.45) is -1.63. The number of nitrogens with zero attached hydrogens (tertiary/aromatic N) is 5. The first-order valence-corrected chi connectivity index (χ1v) is 8.27. The van der Waals surface area contributed by atoms with Gasteiger partial charge in [0.15, 0.2) is 11.6 Å². The zero-order valence-electron chi connectivity index (χ0n) is 14.6. The van der Waals surface area contributed by atoms with E-state index >= 15 is 0 Å². The summed E-state index contributed by atoms with van der Waals surface area (Å²) >= 11 is 0. The number of nitrogens with one attached hydrogen (secondary N) is 1. The van der Waals surface area contributed by atoms with E-state index in [1.807, 2.05) is 6.07 Å². The topological polar surface area (TPSA) is 88.1 Å². The number of nitriles is 1. The van der Waals surface area contributed by atoms with Crippen molar-refractivity contribution in [3.05, 3.63) is 71.9 Å². The number of fused-ring (bicyclic) bond motifs is 1. The Labute approximate surface area is 162 Å². The Morgan fingerprint density at radius 3 is 2.69 bits per heavy atom. The minimum atomic E-state index is -2.80. The van der Waals surface area contributed by atoms with Gasteiger partial charge in [0.1, 0.15) is 29.7 Å². The van der Waals surface area contributed by atoms with Crippen molar-refractivity contribution in [1.29, 1.82) is 5.26 Å². The Morgan fingerprint density at radius 1 is 1.10 bits per heavy atom. The molecule has 0 aliphatic heterocycles. The number of halogens is 3. The zero-order valence-corrected chi connectivity index (χ0v) is 14.6. The van der Waals surface area contributed by atoms with Gasteiger partial charge in [0, 0.05) is 17.8 Å². The Kier molecular flexibility index (Phi) is 4.70. The molecule has 144 valence electrons. The number of hydrogen-bond donors (Lipinski definition) is 1. The number of para-hydroxylation sites is 1. The third-order valence-electron chi connectivity index (χ3n) is 3.93. The molecule has 2 heterocycles. The van der Waals surface area contributed by atoms with Gasteiger partial charge in [-0.25, -0.2) is 18.2 Å². The number of alkyl halides is 2. The van der Waals surface area contributed by atoms with E-state index in [0.717, 1.165) is 12.1 Å². The third kappa shape index (κ3) is 3.66. The first kappa shape index (κ1) is 18.2. The number of anilines is 2. The van der Waals surface area contributed by atoms with Crippen molar-refractivity contribution < 1.29 is 17.9 Å². The van der Waals surface area contributed by atoms with Crippen LogP contribution in [0.4, 0.5) is 24.7 Å². The fourth-order valence-electron chi connectivity index (χ4n) is 2.61. The summed E-state index contributed by atoms with van der Waals surface area (Å²) in [6, 6.07) is 13.5. The van der Waals surface area contributed by atoms with Crippen molar-refractivity contribution in [1.82, 2.24) is 19.6 Å². The lowest BCUT2D eigenvalue weighted by Crippen LogP contribution is -2.04. The minimum absolute atomic E-state index is 0.0150. The molecular formula is C19H11F3N6O. The maximum Gasteiger partial charge on any atom is 0.280 e. The molecule has 29 heavy (non-hydrogen) atoms. The summed E-state index contributed by atoms with van der Waals surface area (Å²) in [5.74, 6) is -0.452. The maximum absolute atomic E-state index is 14.5. The van der Waals surface area contributed by atoms with E-state index in [1.54, 1.807) is 24.3 Å². The monoisotopic (exact) mass is 396 g/mol. The fourth-order valence-corrected chi connectivity index (χ4v) is 2.61. The number of rotatable bonds is 5. The van der Waals surface area contributed by atoms with Gasteiger partial charge in [-0.3, -0.25) is 0 Å². The first-order valence-electron chi connectivity index (χ1n) is 8.27. The smallest absolute Gasteiger partial charge is 0.280 e. The van der Waals surface area contributed by atoms with E-state index in [0.29, 0.717) is 0 Å². The Bertz CT molecular complexity index is 1230. The van der Waals surface area contributed by atoms with Crippen molar-refractivity contribution in [3.8, 4) is 17.6 Å². The van der Waals surface area contributed by atoms with E-state index in [9.17, 15) is 13.2 Å². The molecule has 0 aliphatic rings. The molecule has 0 fully saturated rings.